The van der Waals surface area contributed by atoms with Crippen LogP contribution >= 0.6 is 0 Å². The molecule has 0 aliphatic heterocycles. The number of hydrogen-bond acceptors (Lipinski definition) is 18. The molecular weight excluding hydrogens is 708 g/mol. The number of carbonyl (C=O) groups is 5. The molecule has 18 nitrogen and oxygen atoms in total. The Morgan fingerprint density at radius 3 is 1.17 bits per heavy atom. The van der Waals surface area contributed by atoms with E-state index in [1.807, 2.05) is 0 Å². The van der Waals surface area contributed by atoms with Gasteiger partial charge in [-0.15, -0.1) is 0 Å². The summed E-state index contributed by atoms with van der Waals surface area (Å²) in [5.41, 5.74) is -2.15. The lowest BCUT2D eigenvalue weighted by Crippen LogP contribution is -2.17. The first-order valence-corrected chi connectivity index (χ1v) is 14.8. The molecule has 0 saturated heterocycles. The second-order valence-electron chi connectivity index (χ2n) is 11.0. The number of carbonyl (C=O) groups excluding carboxylic acids is 5. The minimum Gasteiger partial charge on any atom is -0.504 e. The number of aromatic hydroxyl groups is 9. The van der Waals surface area contributed by atoms with Crippen LogP contribution in [0.1, 0.15) is 61.2 Å². The average Bonchev–Trinajstić information content (AvgIpc) is 3.10. The van der Waals surface area contributed by atoms with Gasteiger partial charge in [-0.25, -0.2) is 19.2 Å². The molecule has 0 radical (unpaired) electrons. The third-order valence-electron chi connectivity index (χ3n) is 7.03. The molecule has 9 N–H and O–H groups in total. The van der Waals surface area contributed by atoms with Gasteiger partial charge in [-0.1, -0.05) is 6.58 Å². The van der Waals surface area contributed by atoms with Crippen molar-refractivity contribution in [1.29, 1.82) is 0 Å². The van der Waals surface area contributed by atoms with E-state index in [2.05, 4.69) is 6.58 Å². The van der Waals surface area contributed by atoms with E-state index in [-0.39, 0.29) is 30.8 Å². The van der Waals surface area contributed by atoms with Gasteiger partial charge in [0.1, 0.15) is 0 Å². The first-order valence-electron chi connectivity index (χ1n) is 14.8. The van der Waals surface area contributed by atoms with Crippen molar-refractivity contribution >= 4 is 29.7 Å². The van der Waals surface area contributed by atoms with E-state index in [1.54, 1.807) is 0 Å². The summed E-state index contributed by atoms with van der Waals surface area (Å²) in [5, 5.41) is 88.6. The number of benzene rings is 4. The summed E-state index contributed by atoms with van der Waals surface area (Å²) in [5.74, 6) is -17.4. The molecule has 0 heterocycles. The summed E-state index contributed by atoms with van der Waals surface area (Å²) in [6, 6.07) is 5.51. The molecule has 276 valence electrons. The van der Waals surface area contributed by atoms with Gasteiger partial charge in [0.25, 0.3) is 0 Å². The van der Waals surface area contributed by atoms with Crippen molar-refractivity contribution in [2.45, 2.75) is 19.8 Å². The van der Waals surface area contributed by atoms with Gasteiger partial charge in [-0.2, -0.15) is 0 Å². The third-order valence-corrected chi connectivity index (χ3v) is 7.03. The minimum atomic E-state index is -1.47. The Hall–Kier alpha value is -7.63. The van der Waals surface area contributed by atoms with E-state index in [1.165, 1.54) is 6.92 Å². The molecule has 0 bridgehead atoms. The number of phenols is 9. The fourth-order valence-electron chi connectivity index (χ4n) is 4.28. The molecule has 4 aromatic carbocycles. The molecule has 0 aromatic heterocycles. The summed E-state index contributed by atoms with van der Waals surface area (Å²) in [4.78, 5) is 64.8. The van der Waals surface area contributed by atoms with Crippen LogP contribution in [-0.4, -0.2) is 82.2 Å². The van der Waals surface area contributed by atoms with Crippen LogP contribution in [0.2, 0.25) is 0 Å². The summed E-state index contributed by atoms with van der Waals surface area (Å²) < 4.78 is 21.1. The molecule has 0 aliphatic rings. The minimum absolute atomic E-state index is 0.0375. The maximum atomic E-state index is 13.3. The van der Waals surface area contributed by atoms with Gasteiger partial charge in [0.15, 0.2) is 69.0 Å². The first-order chi connectivity index (χ1) is 24.9. The molecule has 0 fully saturated rings. The molecule has 53 heavy (non-hydrogen) atoms. The maximum absolute atomic E-state index is 13.3. The molecule has 0 atom stereocenters. The monoisotopic (exact) mass is 736 g/mol. The molecule has 0 unspecified atom stereocenters. The van der Waals surface area contributed by atoms with Gasteiger partial charge < -0.3 is 64.9 Å². The molecule has 0 spiro atoms. The lowest BCUT2D eigenvalue weighted by atomic mass is 10.1. The Balaban J connectivity index is 1.85. The van der Waals surface area contributed by atoms with Gasteiger partial charge in [0, 0.05) is 6.42 Å². The van der Waals surface area contributed by atoms with Crippen LogP contribution in [0.4, 0.5) is 0 Å². The van der Waals surface area contributed by atoms with Gasteiger partial charge in [0.2, 0.25) is 5.75 Å². The number of phenolic OH excluding ortho intramolecular Hbond substituents is 9. The maximum Gasteiger partial charge on any atom is 0.344 e. The lowest BCUT2D eigenvalue weighted by molar-refractivity contribution is -0.115. The van der Waals surface area contributed by atoms with Crippen LogP contribution in [0.3, 0.4) is 0 Å². The van der Waals surface area contributed by atoms with E-state index in [0.717, 1.165) is 12.1 Å². The number of rotatable bonds is 12. The van der Waals surface area contributed by atoms with Crippen molar-refractivity contribution in [3.05, 3.63) is 82.9 Å². The molecular formula is C35H28O18. The molecule has 0 aliphatic carbocycles. The summed E-state index contributed by atoms with van der Waals surface area (Å²) in [6.07, 6.45) is 0.00898. The quantitative estimate of drug-likeness (QED) is 0.0328. The largest absolute Gasteiger partial charge is 0.504 e. The van der Waals surface area contributed by atoms with Crippen molar-refractivity contribution in [3.8, 4) is 69.0 Å². The van der Waals surface area contributed by atoms with E-state index in [4.69, 9.17) is 18.9 Å². The predicted molar refractivity (Wildman–Crippen MR) is 175 cm³/mol. The van der Waals surface area contributed by atoms with E-state index in [9.17, 15) is 69.9 Å². The average molecular weight is 737 g/mol. The number of ether oxygens (including phenoxy) is 4. The fraction of sp³-hybridized carbons (Fsp3) is 0.114. The van der Waals surface area contributed by atoms with Crippen LogP contribution in [0.15, 0.2) is 60.7 Å². The zero-order valence-corrected chi connectivity index (χ0v) is 27.1. The predicted octanol–water partition coefficient (Wildman–Crippen LogP) is 3.78. The third kappa shape index (κ3) is 8.76. The summed E-state index contributed by atoms with van der Waals surface area (Å²) in [6.45, 7) is 4.68. The van der Waals surface area contributed by atoms with Gasteiger partial charge >= 0.3 is 23.9 Å². The van der Waals surface area contributed by atoms with E-state index in [0.29, 0.717) is 36.4 Å². The van der Waals surface area contributed by atoms with Gasteiger partial charge in [-0.3, -0.25) is 4.79 Å². The van der Waals surface area contributed by atoms with Gasteiger partial charge in [-0.05, 0) is 67.4 Å². The highest BCUT2D eigenvalue weighted by Crippen LogP contribution is 2.43. The second kappa shape index (κ2) is 15.5. The van der Waals surface area contributed by atoms with Crippen molar-refractivity contribution < 1.29 is 88.9 Å². The standard InChI is InChI=1S/C35H28O18/c1-14(2)19(36)4-3-5-50-32(46)18-12-26(51-33(47)15-6-20(37)28(43)21(38)7-15)31(53-35(49)17-10-24(41)30(45)25(42)11-17)27(13-18)52-34(48)16-8-22(39)29(44)23(40)9-16/h6-13,37-45H,1,3-5H2,2H3. The van der Waals surface area contributed by atoms with E-state index < -0.39 is 115 Å². The Bertz CT molecular complexity index is 2020. The first kappa shape index (κ1) is 38.2. The highest BCUT2D eigenvalue weighted by atomic mass is 16.6. The van der Waals surface area contributed by atoms with Crippen molar-refractivity contribution in [2.24, 2.45) is 0 Å². The molecule has 4 aromatic rings. The topological polar surface area (TPSA) is 304 Å². The normalized spacial score (nSPS) is 10.6. The smallest absolute Gasteiger partial charge is 0.344 e. The highest BCUT2D eigenvalue weighted by molar-refractivity contribution is 5.99. The molecule has 4 rings (SSSR count). The van der Waals surface area contributed by atoms with Crippen LogP contribution in [0.5, 0.6) is 69.0 Å². The number of allylic oxidation sites excluding steroid dienone is 1. The summed E-state index contributed by atoms with van der Waals surface area (Å²) in [7, 11) is 0. The van der Waals surface area contributed by atoms with Crippen LogP contribution < -0.4 is 14.2 Å². The van der Waals surface area contributed by atoms with Crippen LogP contribution in [0.25, 0.3) is 0 Å². The van der Waals surface area contributed by atoms with Gasteiger partial charge in [0.05, 0.1) is 28.9 Å². The Morgan fingerprint density at radius 1 is 0.509 bits per heavy atom. The Labute approximate surface area is 296 Å². The number of esters is 4. The summed E-state index contributed by atoms with van der Waals surface area (Å²) >= 11 is 0. The van der Waals surface area contributed by atoms with E-state index >= 15 is 0 Å². The SMILES string of the molecule is C=C(C)C(=O)CCCOC(=O)c1cc(OC(=O)c2cc(O)c(O)c(O)c2)c(OC(=O)c2cc(O)c(O)c(O)c2)c(OC(=O)c2cc(O)c(O)c(O)c2)c1. The molecule has 0 saturated carbocycles. The zero-order chi connectivity index (χ0) is 39.3. The zero-order valence-electron chi connectivity index (χ0n) is 27.1. The highest BCUT2D eigenvalue weighted by Gasteiger charge is 2.28. The van der Waals surface area contributed by atoms with Crippen molar-refractivity contribution in [1.82, 2.24) is 0 Å². The van der Waals surface area contributed by atoms with Crippen molar-refractivity contribution in [3.63, 3.8) is 0 Å². The number of hydrogen-bond donors (Lipinski definition) is 9. The lowest BCUT2D eigenvalue weighted by Gasteiger charge is -2.17. The van der Waals surface area contributed by atoms with Crippen molar-refractivity contribution in [2.75, 3.05) is 6.61 Å². The molecule has 0 amide bonds. The number of Topliss-reactive ketones (excluding diaryl/α,β-unsaturated/α-hetero) is 1. The molecule has 18 heteroatoms. The second-order valence-corrected chi connectivity index (χ2v) is 11.0. The van der Waals surface area contributed by atoms with Crippen LogP contribution in [0, 0.1) is 0 Å². The Morgan fingerprint density at radius 2 is 0.830 bits per heavy atom. The fourth-order valence-corrected chi connectivity index (χ4v) is 4.28. The Kier molecular flexibility index (Phi) is 11.2. The number of ketones is 1. The van der Waals surface area contributed by atoms with Crippen LogP contribution in [-0.2, 0) is 9.53 Å².